The zero-order valence-electron chi connectivity index (χ0n) is 16.7. The fraction of sp³-hybridized carbons (Fsp3) is 0.682. The molecule has 6 heteroatoms. The molecule has 2 unspecified atom stereocenters. The summed E-state index contributed by atoms with van der Waals surface area (Å²) in [5.41, 5.74) is 0.724. The number of amides is 1. The summed E-state index contributed by atoms with van der Waals surface area (Å²) in [6.45, 7) is 6.32. The van der Waals surface area contributed by atoms with Gasteiger partial charge >= 0.3 is 0 Å². The number of ether oxygens (including phenoxy) is 2. The molecule has 2 aliphatic heterocycles. The molecule has 4 rings (SSSR count). The van der Waals surface area contributed by atoms with E-state index in [1.54, 1.807) is 0 Å². The largest absolute Gasteiger partial charge is 0.345 e. The number of benzene rings is 1. The molecule has 1 saturated carbocycles. The van der Waals surface area contributed by atoms with Gasteiger partial charge in [0.05, 0.1) is 13.2 Å². The molecule has 1 aromatic rings. The minimum atomic E-state index is -0.650. The topological polar surface area (TPSA) is 42.0 Å². The first-order valence-electron chi connectivity index (χ1n) is 10.7. The number of nitrogens with zero attached hydrogens (tertiary/aromatic N) is 2. The van der Waals surface area contributed by atoms with Crippen molar-refractivity contribution in [3.05, 3.63) is 34.3 Å². The van der Waals surface area contributed by atoms with Crippen LogP contribution in [-0.4, -0.2) is 66.4 Å². The molecular formula is C22H31BrN2O3. The van der Waals surface area contributed by atoms with Gasteiger partial charge in [-0.25, -0.2) is 0 Å². The van der Waals surface area contributed by atoms with E-state index >= 15 is 0 Å². The molecule has 28 heavy (non-hydrogen) atoms. The van der Waals surface area contributed by atoms with E-state index in [0.717, 1.165) is 55.4 Å². The second-order valence-corrected chi connectivity index (χ2v) is 9.08. The lowest BCUT2D eigenvalue weighted by atomic mass is 9.82. The highest BCUT2D eigenvalue weighted by molar-refractivity contribution is 9.10. The Kier molecular flexibility index (Phi) is 6.40. The molecule has 3 fully saturated rings. The fourth-order valence-electron chi connectivity index (χ4n) is 5.24. The first-order chi connectivity index (χ1) is 13.6. The quantitative estimate of drug-likeness (QED) is 0.677. The van der Waals surface area contributed by atoms with E-state index in [1.165, 1.54) is 12.8 Å². The molecular weight excluding hydrogens is 420 g/mol. The predicted octanol–water partition coefficient (Wildman–Crippen LogP) is 4.06. The van der Waals surface area contributed by atoms with E-state index in [9.17, 15) is 4.79 Å². The van der Waals surface area contributed by atoms with Gasteiger partial charge in [0.25, 0.3) is 5.91 Å². The Balaban J connectivity index is 1.71. The van der Waals surface area contributed by atoms with Gasteiger partial charge in [-0.3, -0.25) is 9.69 Å². The molecule has 1 spiro atoms. The number of carbonyl (C=O) groups is 1. The lowest BCUT2D eigenvalue weighted by molar-refractivity contribution is -0.226. The van der Waals surface area contributed by atoms with Gasteiger partial charge in [-0.2, -0.15) is 0 Å². The van der Waals surface area contributed by atoms with Gasteiger partial charge in [0, 0.05) is 29.0 Å². The second kappa shape index (κ2) is 8.82. The Hall–Kier alpha value is -0.950. The van der Waals surface area contributed by atoms with E-state index < -0.39 is 5.79 Å². The first-order valence-corrected chi connectivity index (χ1v) is 11.5. The van der Waals surface area contributed by atoms with E-state index in [1.807, 2.05) is 24.3 Å². The third-order valence-electron chi connectivity index (χ3n) is 6.36. The Labute approximate surface area is 176 Å². The van der Waals surface area contributed by atoms with Crippen LogP contribution in [0, 0.1) is 0 Å². The highest BCUT2D eigenvalue weighted by Crippen LogP contribution is 2.42. The van der Waals surface area contributed by atoms with Crippen LogP contribution in [-0.2, 0) is 9.47 Å². The summed E-state index contributed by atoms with van der Waals surface area (Å²) in [6.07, 6.45) is 6.46. The van der Waals surface area contributed by atoms with Crippen LogP contribution in [0.2, 0.25) is 0 Å². The fourth-order valence-corrected chi connectivity index (χ4v) is 5.64. The summed E-state index contributed by atoms with van der Waals surface area (Å²) in [5, 5.41) is 0. The molecule has 2 atom stereocenters. The molecule has 1 amide bonds. The number of hydrogen-bond donors (Lipinski definition) is 0. The molecule has 3 aliphatic rings. The summed E-state index contributed by atoms with van der Waals surface area (Å²) < 4.78 is 13.5. The van der Waals surface area contributed by atoms with Crippen molar-refractivity contribution in [1.82, 2.24) is 9.80 Å². The molecule has 154 valence electrons. The predicted molar refractivity (Wildman–Crippen MR) is 112 cm³/mol. The van der Waals surface area contributed by atoms with Gasteiger partial charge < -0.3 is 14.4 Å². The van der Waals surface area contributed by atoms with Crippen molar-refractivity contribution >= 4 is 21.8 Å². The van der Waals surface area contributed by atoms with E-state index in [-0.39, 0.29) is 11.9 Å². The normalized spacial score (nSPS) is 27.4. The molecule has 0 aromatic heterocycles. The number of rotatable bonds is 5. The Morgan fingerprint density at radius 2 is 2.00 bits per heavy atom. The number of carbonyl (C=O) groups excluding carboxylic acids is 1. The van der Waals surface area contributed by atoms with Crippen molar-refractivity contribution < 1.29 is 14.3 Å². The van der Waals surface area contributed by atoms with Crippen LogP contribution < -0.4 is 0 Å². The monoisotopic (exact) mass is 450 g/mol. The van der Waals surface area contributed by atoms with Crippen LogP contribution in [0.15, 0.2) is 28.7 Å². The van der Waals surface area contributed by atoms with Gasteiger partial charge in [0.2, 0.25) is 0 Å². The van der Waals surface area contributed by atoms with Crippen LogP contribution in [0.25, 0.3) is 0 Å². The second-order valence-electron chi connectivity index (χ2n) is 8.17. The van der Waals surface area contributed by atoms with Crippen LogP contribution >= 0.6 is 15.9 Å². The Morgan fingerprint density at radius 3 is 2.68 bits per heavy atom. The van der Waals surface area contributed by atoms with Gasteiger partial charge in [-0.1, -0.05) is 28.9 Å². The van der Waals surface area contributed by atoms with Gasteiger partial charge in [-0.15, -0.1) is 0 Å². The average molecular weight is 451 g/mol. The number of halogens is 1. The number of likely N-dealkylation sites (tertiary alicyclic amines) is 1. The highest BCUT2D eigenvalue weighted by Gasteiger charge is 2.55. The van der Waals surface area contributed by atoms with Gasteiger partial charge in [0.15, 0.2) is 5.79 Å². The van der Waals surface area contributed by atoms with Crippen molar-refractivity contribution in [2.45, 2.75) is 63.3 Å². The van der Waals surface area contributed by atoms with Crippen LogP contribution in [0.5, 0.6) is 0 Å². The minimum absolute atomic E-state index is 0.0618. The summed E-state index contributed by atoms with van der Waals surface area (Å²) in [7, 11) is 0. The van der Waals surface area contributed by atoms with Crippen molar-refractivity contribution in [2.24, 2.45) is 0 Å². The third kappa shape index (κ3) is 3.89. The van der Waals surface area contributed by atoms with E-state index in [4.69, 9.17) is 9.47 Å². The average Bonchev–Trinajstić information content (AvgIpc) is 3.39. The molecule has 1 aromatic carbocycles. The third-order valence-corrected chi connectivity index (χ3v) is 6.85. The molecule has 1 aliphatic carbocycles. The minimum Gasteiger partial charge on any atom is -0.345 e. The van der Waals surface area contributed by atoms with Crippen LogP contribution in [0.4, 0.5) is 0 Å². The zero-order valence-corrected chi connectivity index (χ0v) is 18.3. The maximum Gasteiger partial charge on any atom is 0.254 e. The molecule has 2 saturated heterocycles. The van der Waals surface area contributed by atoms with Gasteiger partial charge in [-0.05, 0) is 63.4 Å². The number of hydrogen-bond acceptors (Lipinski definition) is 4. The van der Waals surface area contributed by atoms with Crippen molar-refractivity contribution in [3.8, 4) is 0 Å². The van der Waals surface area contributed by atoms with Crippen LogP contribution in [0.3, 0.4) is 0 Å². The molecule has 0 N–H and O–H groups in total. The molecule has 0 radical (unpaired) electrons. The van der Waals surface area contributed by atoms with Crippen molar-refractivity contribution in [2.75, 3.05) is 32.8 Å². The van der Waals surface area contributed by atoms with Crippen molar-refractivity contribution in [1.29, 1.82) is 0 Å². The van der Waals surface area contributed by atoms with E-state index in [2.05, 4.69) is 32.7 Å². The SMILES string of the molecule is CCCN(C(=O)c1cccc(Br)c1)C1C(N2CCCC2)CCCC12OCCO2. The Morgan fingerprint density at radius 1 is 1.25 bits per heavy atom. The smallest absolute Gasteiger partial charge is 0.254 e. The maximum atomic E-state index is 13.7. The van der Waals surface area contributed by atoms with Crippen LogP contribution in [0.1, 0.15) is 55.8 Å². The summed E-state index contributed by atoms with van der Waals surface area (Å²) in [5.74, 6) is -0.569. The first kappa shape index (κ1) is 20.3. The van der Waals surface area contributed by atoms with Gasteiger partial charge in [0.1, 0.15) is 6.04 Å². The van der Waals surface area contributed by atoms with E-state index in [0.29, 0.717) is 19.3 Å². The summed E-state index contributed by atoms with van der Waals surface area (Å²) in [4.78, 5) is 18.3. The summed E-state index contributed by atoms with van der Waals surface area (Å²) in [6, 6.07) is 7.96. The molecule has 2 heterocycles. The standard InChI is InChI=1S/C22H31BrN2O3/c1-2-11-25(21(26)17-7-5-8-18(23)16-17)20-19(24-12-3-4-13-24)9-6-10-22(20)27-14-15-28-22/h5,7-8,16,19-20H,2-4,6,9-15H2,1H3. The summed E-state index contributed by atoms with van der Waals surface area (Å²) >= 11 is 3.51. The highest BCUT2D eigenvalue weighted by atomic mass is 79.9. The maximum absolute atomic E-state index is 13.7. The molecule has 0 bridgehead atoms. The zero-order chi connectivity index (χ0) is 19.6. The lowest BCUT2D eigenvalue weighted by Gasteiger charge is -2.51. The molecule has 5 nitrogen and oxygen atoms in total. The Bertz CT molecular complexity index is 686. The lowest BCUT2D eigenvalue weighted by Crippen LogP contribution is -2.66. The van der Waals surface area contributed by atoms with Crippen molar-refractivity contribution in [3.63, 3.8) is 0 Å².